The molecule has 5 nitrogen and oxygen atoms in total. The Hall–Kier alpha value is -1.65. The van der Waals surface area contributed by atoms with Crippen molar-refractivity contribution in [2.24, 2.45) is 11.8 Å². The number of carboxylic acid groups (broad SMARTS) is 1. The summed E-state index contributed by atoms with van der Waals surface area (Å²) in [5.41, 5.74) is 0.197. The summed E-state index contributed by atoms with van der Waals surface area (Å²) in [6.45, 7) is 4.44. The lowest BCUT2D eigenvalue weighted by atomic mass is 9.78. The fraction of sp³-hybridized carbons (Fsp3) is 0.643. The Morgan fingerprint density at radius 1 is 1.42 bits per heavy atom. The van der Waals surface area contributed by atoms with E-state index in [0.717, 1.165) is 6.42 Å². The van der Waals surface area contributed by atoms with E-state index < -0.39 is 5.97 Å². The number of aromatic nitrogens is 2. The van der Waals surface area contributed by atoms with Crippen molar-refractivity contribution in [1.82, 2.24) is 10.2 Å². The Balaban J connectivity index is 2.17. The Labute approximate surface area is 113 Å². The molecule has 1 aliphatic carbocycles. The van der Waals surface area contributed by atoms with Gasteiger partial charge in [-0.05, 0) is 30.7 Å². The van der Waals surface area contributed by atoms with Crippen molar-refractivity contribution in [1.29, 1.82) is 0 Å². The van der Waals surface area contributed by atoms with Gasteiger partial charge in [0.2, 0.25) is 0 Å². The molecule has 1 saturated carbocycles. The first kappa shape index (κ1) is 13.8. The van der Waals surface area contributed by atoms with Crippen LogP contribution in [0.5, 0.6) is 0 Å². The molecule has 1 aliphatic rings. The van der Waals surface area contributed by atoms with Gasteiger partial charge in [0.05, 0.1) is 6.20 Å². The number of nitrogens with one attached hydrogen (secondary N) is 1. The molecule has 1 fully saturated rings. The molecule has 19 heavy (non-hydrogen) atoms. The smallest absolute Gasteiger partial charge is 0.339 e. The quantitative estimate of drug-likeness (QED) is 0.873. The van der Waals surface area contributed by atoms with Crippen LogP contribution in [0.2, 0.25) is 0 Å². The van der Waals surface area contributed by atoms with Gasteiger partial charge < -0.3 is 10.4 Å². The van der Waals surface area contributed by atoms with E-state index in [2.05, 4.69) is 29.4 Å². The minimum absolute atomic E-state index is 0.197. The minimum atomic E-state index is -0.964. The predicted molar refractivity (Wildman–Crippen MR) is 73.2 cm³/mol. The molecule has 2 atom stereocenters. The van der Waals surface area contributed by atoms with Crippen molar-refractivity contribution >= 4 is 11.8 Å². The maximum absolute atomic E-state index is 11.2. The van der Waals surface area contributed by atoms with E-state index in [0.29, 0.717) is 23.7 Å². The van der Waals surface area contributed by atoms with E-state index in [-0.39, 0.29) is 5.56 Å². The molecule has 0 aromatic carbocycles. The molecule has 104 valence electrons. The van der Waals surface area contributed by atoms with Crippen LogP contribution in [-0.2, 0) is 0 Å². The van der Waals surface area contributed by atoms with Crippen LogP contribution in [0.1, 0.15) is 49.9 Å². The zero-order valence-corrected chi connectivity index (χ0v) is 11.5. The number of hydrogen-bond donors (Lipinski definition) is 2. The second-order valence-corrected chi connectivity index (χ2v) is 5.54. The van der Waals surface area contributed by atoms with E-state index >= 15 is 0 Å². The summed E-state index contributed by atoms with van der Waals surface area (Å²) in [7, 11) is 0. The number of hydrogen-bond acceptors (Lipinski definition) is 4. The molecule has 1 heterocycles. The van der Waals surface area contributed by atoms with Crippen LogP contribution in [0.25, 0.3) is 0 Å². The van der Waals surface area contributed by atoms with Gasteiger partial charge >= 0.3 is 5.97 Å². The second kappa shape index (κ2) is 5.99. The average Bonchev–Trinajstić information content (AvgIpc) is 2.39. The normalized spacial score (nSPS) is 23.3. The SMILES string of the molecule is CC(C)C1CCCCC1Nc1nnccc1C(=O)O. The monoisotopic (exact) mass is 263 g/mol. The lowest BCUT2D eigenvalue weighted by Gasteiger charge is -2.35. The molecular weight excluding hydrogens is 242 g/mol. The van der Waals surface area contributed by atoms with E-state index in [9.17, 15) is 4.79 Å². The summed E-state index contributed by atoms with van der Waals surface area (Å²) in [6.07, 6.45) is 6.11. The molecule has 1 aromatic rings. The van der Waals surface area contributed by atoms with Crippen LogP contribution in [0, 0.1) is 11.8 Å². The Kier molecular flexibility index (Phi) is 4.35. The summed E-state index contributed by atoms with van der Waals surface area (Å²) >= 11 is 0. The molecule has 2 unspecified atom stereocenters. The maximum atomic E-state index is 11.2. The van der Waals surface area contributed by atoms with Crippen molar-refractivity contribution in [3.63, 3.8) is 0 Å². The summed E-state index contributed by atoms with van der Waals surface area (Å²) < 4.78 is 0. The first-order valence-electron chi connectivity index (χ1n) is 6.91. The van der Waals surface area contributed by atoms with Gasteiger partial charge in [0.25, 0.3) is 0 Å². The van der Waals surface area contributed by atoms with Crippen LogP contribution in [0.15, 0.2) is 12.3 Å². The highest BCUT2D eigenvalue weighted by Crippen LogP contribution is 2.32. The predicted octanol–water partition coefficient (Wildman–Crippen LogP) is 2.80. The minimum Gasteiger partial charge on any atom is -0.478 e. The molecule has 0 radical (unpaired) electrons. The van der Waals surface area contributed by atoms with Gasteiger partial charge in [-0.3, -0.25) is 0 Å². The van der Waals surface area contributed by atoms with Crippen molar-refractivity contribution in [2.45, 2.75) is 45.6 Å². The molecule has 0 bridgehead atoms. The van der Waals surface area contributed by atoms with Crippen molar-refractivity contribution in [3.05, 3.63) is 17.8 Å². The van der Waals surface area contributed by atoms with Crippen molar-refractivity contribution in [2.75, 3.05) is 5.32 Å². The number of aromatic carboxylic acids is 1. The molecule has 2 rings (SSSR count). The van der Waals surface area contributed by atoms with Crippen LogP contribution in [0.4, 0.5) is 5.82 Å². The third kappa shape index (κ3) is 3.22. The summed E-state index contributed by atoms with van der Waals surface area (Å²) in [5, 5.41) is 20.2. The Morgan fingerprint density at radius 2 is 2.16 bits per heavy atom. The summed E-state index contributed by atoms with van der Waals surface area (Å²) in [5.74, 6) is 0.585. The van der Waals surface area contributed by atoms with Crippen LogP contribution < -0.4 is 5.32 Å². The zero-order chi connectivity index (χ0) is 13.8. The van der Waals surface area contributed by atoms with Gasteiger partial charge in [-0.25, -0.2) is 4.79 Å². The lowest BCUT2D eigenvalue weighted by Crippen LogP contribution is -2.36. The van der Waals surface area contributed by atoms with Crippen molar-refractivity contribution in [3.8, 4) is 0 Å². The molecule has 0 spiro atoms. The third-order valence-electron chi connectivity index (χ3n) is 3.95. The van der Waals surface area contributed by atoms with Gasteiger partial charge in [0.15, 0.2) is 5.82 Å². The molecule has 0 amide bonds. The topological polar surface area (TPSA) is 75.1 Å². The van der Waals surface area contributed by atoms with Gasteiger partial charge in [0, 0.05) is 6.04 Å². The number of carbonyl (C=O) groups is 1. The van der Waals surface area contributed by atoms with E-state index in [1.807, 2.05) is 0 Å². The van der Waals surface area contributed by atoms with Crippen LogP contribution in [-0.4, -0.2) is 27.3 Å². The fourth-order valence-electron chi connectivity index (χ4n) is 2.92. The Bertz CT molecular complexity index is 448. The standard InChI is InChI=1S/C14H21N3O2/c1-9(2)10-5-3-4-6-12(10)16-13-11(14(18)19)7-8-15-17-13/h7-10,12H,3-6H2,1-2H3,(H,16,17)(H,18,19). The number of nitrogens with zero attached hydrogens (tertiary/aromatic N) is 2. The highest BCUT2D eigenvalue weighted by atomic mass is 16.4. The molecular formula is C14H21N3O2. The van der Waals surface area contributed by atoms with Gasteiger partial charge in [-0.1, -0.05) is 26.7 Å². The molecule has 1 aromatic heterocycles. The summed E-state index contributed by atoms with van der Waals surface area (Å²) in [4.78, 5) is 11.2. The largest absolute Gasteiger partial charge is 0.478 e. The number of anilines is 1. The molecule has 0 aliphatic heterocycles. The average molecular weight is 263 g/mol. The van der Waals surface area contributed by atoms with E-state index in [4.69, 9.17) is 5.11 Å². The fourth-order valence-corrected chi connectivity index (χ4v) is 2.92. The third-order valence-corrected chi connectivity index (χ3v) is 3.95. The summed E-state index contributed by atoms with van der Waals surface area (Å²) in [6, 6.07) is 1.79. The van der Waals surface area contributed by atoms with E-state index in [1.54, 1.807) is 0 Å². The number of carboxylic acids is 1. The molecule has 2 N–H and O–H groups in total. The van der Waals surface area contributed by atoms with E-state index in [1.165, 1.54) is 31.5 Å². The second-order valence-electron chi connectivity index (χ2n) is 5.54. The first-order valence-corrected chi connectivity index (χ1v) is 6.91. The number of rotatable bonds is 4. The van der Waals surface area contributed by atoms with Crippen molar-refractivity contribution < 1.29 is 9.90 Å². The first-order chi connectivity index (χ1) is 9.09. The highest BCUT2D eigenvalue weighted by Gasteiger charge is 2.28. The highest BCUT2D eigenvalue weighted by molar-refractivity contribution is 5.92. The Morgan fingerprint density at radius 3 is 2.84 bits per heavy atom. The van der Waals surface area contributed by atoms with Gasteiger partial charge in [0.1, 0.15) is 5.56 Å². The molecule has 0 saturated heterocycles. The zero-order valence-electron chi connectivity index (χ0n) is 11.5. The maximum Gasteiger partial charge on any atom is 0.339 e. The lowest BCUT2D eigenvalue weighted by molar-refractivity contribution is 0.0697. The van der Waals surface area contributed by atoms with Gasteiger partial charge in [-0.2, -0.15) is 5.10 Å². The van der Waals surface area contributed by atoms with Crippen LogP contribution >= 0.6 is 0 Å². The van der Waals surface area contributed by atoms with Gasteiger partial charge in [-0.15, -0.1) is 5.10 Å². The van der Waals surface area contributed by atoms with Crippen LogP contribution in [0.3, 0.4) is 0 Å². The molecule has 5 heteroatoms.